The standard InChI is InChI=1S/C52H49Cl2F3N4O12S2/c53-41-26-59(66)27-42(54)39(41)24-40(36-13-14-45(72-50(56)57)46(23-36)69-29-32-11-12-32)52(49(64)71-31-62)61(19-20-74-52)75(67,68)38-8-4-6-34(22-38)30-70-48(63)37-7-3-5-33(21-37)25-60(44-10-2-1-9-43(44)55)51(65)73-47-28-58-17-15-35(47)16-18-58/h1-10,13-14,21-23,26-27,31-32,35,40,47,50H,11-12,15-20,24-25,28-30H2/t40-,47-,52-/m0/s1. The van der Waals surface area contributed by atoms with Crippen LogP contribution in [-0.4, -0.2) is 98.3 Å². The smallest absolute Gasteiger partial charge is 0.415 e. The summed E-state index contributed by atoms with van der Waals surface area (Å²) in [5, 5.41) is 12.0. The van der Waals surface area contributed by atoms with Gasteiger partial charge in [-0.2, -0.15) is 17.8 Å². The van der Waals surface area contributed by atoms with Crippen LogP contribution in [0.4, 0.5) is 23.7 Å². The van der Waals surface area contributed by atoms with Crippen molar-refractivity contribution in [3.8, 4) is 11.5 Å². The maximum atomic E-state index is 15.3. The van der Waals surface area contributed by atoms with Gasteiger partial charge >= 0.3 is 31.1 Å². The summed E-state index contributed by atoms with van der Waals surface area (Å²) >= 11 is 14.0. The third-order valence-corrected chi connectivity index (χ3v) is 17.9. The van der Waals surface area contributed by atoms with Gasteiger partial charge in [-0.05, 0) is 122 Å². The first kappa shape index (κ1) is 53.7. The van der Waals surface area contributed by atoms with E-state index < -0.39 is 57.9 Å². The Morgan fingerprint density at radius 3 is 2.33 bits per heavy atom. The van der Waals surface area contributed by atoms with Crippen molar-refractivity contribution < 1.29 is 69.2 Å². The van der Waals surface area contributed by atoms with E-state index in [1.807, 2.05) is 0 Å². The Bertz CT molecular complexity index is 3060. The number of sulfonamides is 1. The quantitative estimate of drug-likeness (QED) is 0.0180. The van der Waals surface area contributed by atoms with Crippen LogP contribution in [0.2, 0.25) is 10.0 Å². The number of para-hydroxylation sites is 1. The largest absolute Gasteiger partial charge is 0.619 e. The number of ether oxygens (including phenoxy) is 5. The molecule has 1 saturated carbocycles. The second-order valence-electron chi connectivity index (χ2n) is 18.5. The third-order valence-electron chi connectivity index (χ3n) is 13.7. The maximum absolute atomic E-state index is 15.3. The zero-order valence-electron chi connectivity index (χ0n) is 39.9. The lowest BCUT2D eigenvalue weighted by Crippen LogP contribution is -2.56. The Kier molecular flexibility index (Phi) is 16.5. The van der Waals surface area contributed by atoms with Crippen molar-refractivity contribution in [2.45, 2.75) is 73.7 Å². The van der Waals surface area contributed by atoms with Crippen LogP contribution in [0.1, 0.15) is 64.2 Å². The summed E-state index contributed by atoms with van der Waals surface area (Å²) in [4.78, 5) is 54.7. The second kappa shape index (κ2) is 23.0. The Morgan fingerprint density at radius 1 is 0.907 bits per heavy atom. The molecule has 3 atom stereocenters. The van der Waals surface area contributed by atoms with Gasteiger partial charge in [-0.3, -0.25) is 14.6 Å². The highest BCUT2D eigenvalue weighted by molar-refractivity contribution is 8.02. The minimum absolute atomic E-state index is 0.00478. The molecule has 2 bridgehead atoms. The van der Waals surface area contributed by atoms with Crippen molar-refractivity contribution in [2.75, 3.05) is 43.4 Å². The van der Waals surface area contributed by atoms with Crippen molar-refractivity contribution in [3.63, 3.8) is 0 Å². The van der Waals surface area contributed by atoms with E-state index in [0.717, 1.165) is 67.2 Å². The number of benzene rings is 4. The number of pyridine rings is 1. The number of aromatic nitrogens is 1. The summed E-state index contributed by atoms with van der Waals surface area (Å²) in [6.45, 7) is -1.69. The molecular formula is C52H49Cl2F3N4O12S2. The van der Waals surface area contributed by atoms with Crippen LogP contribution in [0.15, 0.2) is 108 Å². The van der Waals surface area contributed by atoms with Gasteiger partial charge in [-0.15, -0.1) is 11.8 Å². The lowest BCUT2D eigenvalue weighted by Gasteiger charge is -2.44. The minimum atomic E-state index is -4.80. The van der Waals surface area contributed by atoms with Gasteiger partial charge in [0.2, 0.25) is 10.0 Å². The molecule has 75 heavy (non-hydrogen) atoms. The van der Waals surface area contributed by atoms with E-state index >= 15 is 12.8 Å². The van der Waals surface area contributed by atoms with E-state index in [1.165, 1.54) is 77.7 Å². The molecular weight excluding hydrogens is 1060 g/mol. The van der Waals surface area contributed by atoms with Crippen LogP contribution in [0, 0.1) is 22.9 Å². The maximum Gasteiger partial charge on any atom is 0.415 e. The van der Waals surface area contributed by atoms with E-state index in [0.29, 0.717) is 16.8 Å². The van der Waals surface area contributed by atoms with E-state index in [-0.39, 0.29) is 111 Å². The number of carbonyl (C=O) groups excluding carboxylic acids is 4. The number of halogens is 5. The zero-order valence-corrected chi connectivity index (χ0v) is 43.0. The monoisotopic (exact) mass is 1110 g/mol. The van der Waals surface area contributed by atoms with Crippen molar-refractivity contribution >= 4 is 75.2 Å². The number of carbonyl (C=O) groups is 4. The summed E-state index contributed by atoms with van der Waals surface area (Å²) in [5.74, 6) is -4.28. The number of piperidine rings is 3. The summed E-state index contributed by atoms with van der Waals surface area (Å²) in [5.41, 5.74) is 0.982. The molecule has 23 heteroatoms. The number of thioether (sulfide) groups is 1. The van der Waals surface area contributed by atoms with Gasteiger partial charge in [0.15, 0.2) is 28.8 Å². The molecule has 1 aliphatic carbocycles. The second-order valence-corrected chi connectivity index (χ2v) is 22.5. The predicted octanol–water partition coefficient (Wildman–Crippen LogP) is 8.91. The van der Waals surface area contributed by atoms with Gasteiger partial charge in [0.05, 0.1) is 29.3 Å². The fraction of sp³-hybridized carbons (Fsp3) is 0.365. The molecule has 1 amide bonds. The molecule has 4 aromatic carbocycles. The topological polar surface area (TPSA) is 185 Å². The first-order valence-corrected chi connectivity index (χ1v) is 27.1. The normalized spacial score (nSPS) is 20.8. The first-order valence-electron chi connectivity index (χ1n) is 23.9. The highest BCUT2D eigenvalue weighted by atomic mass is 35.5. The first-order chi connectivity index (χ1) is 36.0. The number of alkyl halides is 2. The van der Waals surface area contributed by atoms with Gasteiger partial charge in [0, 0.05) is 30.3 Å². The number of amides is 1. The minimum Gasteiger partial charge on any atom is -0.619 e. The van der Waals surface area contributed by atoms with E-state index in [9.17, 15) is 33.2 Å². The molecule has 0 radical (unpaired) electrons. The zero-order chi connectivity index (χ0) is 53.0. The molecule has 5 aromatic rings. The molecule has 5 fully saturated rings. The molecule has 0 unspecified atom stereocenters. The number of rotatable bonds is 20. The van der Waals surface area contributed by atoms with Gasteiger partial charge < -0.3 is 28.9 Å². The van der Waals surface area contributed by atoms with E-state index in [4.69, 9.17) is 46.9 Å². The van der Waals surface area contributed by atoms with Crippen molar-refractivity contribution in [2.24, 2.45) is 11.8 Å². The highest BCUT2D eigenvalue weighted by Crippen LogP contribution is 2.53. The average molecular weight is 1110 g/mol. The molecule has 16 nitrogen and oxygen atoms in total. The van der Waals surface area contributed by atoms with Gasteiger partial charge in [0.25, 0.3) is 0 Å². The summed E-state index contributed by atoms with van der Waals surface area (Å²) in [7, 11) is -4.80. The highest BCUT2D eigenvalue weighted by Gasteiger charge is 2.60. The molecule has 0 N–H and O–H groups in total. The Labute approximate surface area is 444 Å². The van der Waals surface area contributed by atoms with Crippen LogP contribution in [0.3, 0.4) is 0 Å². The molecule has 1 aromatic heterocycles. The summed E-state index contributed by atoms with van der Waals surface area (Å²) < 4.78 is 102. The predicted molar refractivity (Wildman–Crippen MR) is 268 cm³/mol. The number of esters is 2. The van der Waals surface area contributed by atoms with Crippen LogP contribution in [0.25, 0.3) is 0 Å². The SMILES string of the molecule is O=COC(=O)[C@]1([C@@H](Cc2c(Cl)c[n+]([O-])cc2Cl)c2ccc(OC(F)F)c(OCC3CC3)c2)SCCN1S(=O)(=O)c1cccc(COC(=O)c2cccc(CN(C(=O)O[C@H]3CN4CCC3CC4)c3ccccc3F)c2)c1. The molecule has 4 aliphatic heterocycles. The van der Waals surface area contributed by atoms with Crippen LogP contribution in [0.5, 0.6) is 11.5 Å². The Hall–Kier alpha value is -6.10. The summed E-state index contributed by atoms with van der Waals surface area (Å²) in [6.07, 6.45) is 4.04. The van der Waals surface area contributed by atoms with Crippen molar-refractivity contribution in [1.29, 1.82) is 0 Å². The molecule has 396 valence electrons. The fourth-order valence-corrected chi connectivity index (χ4v) is 14.0. The van der Waals surface area contributed by atoms with Crippen LogP contribution in [-0.2, 0) is 53.4 Å². The van der Waals surface area contributed by atoms with Gasteiger partial charge in [-0.25, -0.2) is 27.2 Å². The van der Waals surface area contributed by atoms with Gasteiger partial charge in [0.1, 0.15) is 28.6 Å². The number of fused-ring (bicyclic) bond motifs is 3. The van der Waals surface area contributed by atoms with Crippen LogP contribution >= 0.6 is 35.0 Å². The molecule has 4 saturated heterocycles. The number of hydrogen-bond acceptors (Lipinski definition) is 14. The van der Waals surface area contributed by atoms with Crippen molar-refractivity contribution in [1.82, 2.24) is 9.21 Å². The number of anilines is 1. The Balaban J connectivity index is 0.985. The van der Waals surface area contributed by atoms with E-state index in [1.54, 1.807) is 18.2 Å². The molecule has 10 rings (SSSR count). The van der Waals surface area contributed by atoms with Crippen LogP contribution < -0.4 is 19.1 Å². The summed E-state index contributed by atoms with van der Waals surface area (Å²) in [6, 6.07) is 21.3. The average Bonchev–Trinajstić information content (AvgIpc) is 4.13. The lowest BCUT2D eigenvalue weighted by molar-refractivity contribution is -0.605. The molecule has 5 aliphatic rings. The van der Waals surface area contributed by atoms with Gasteiger partial charge in [-0.1, -0.05) is 65.7 Å². The lowest BCUT2D eigenvalue weighted by atomic mass is 9.84. The Morgan fingerprint density at radius 2 is 1.64 bits per heavy atom. The third kappa shape index (κ3) is 12.0. The number of hydrogen-bond donors (Lipinski definition) is 0. The number of nitrogens with zero attached hydrogens (tertiary/aromatic N) is 4. The molecule has 0 spiro atoms. The molecule has 5 heterocycles. The van der Waals surface area contributed by atoms with E-state index in [2.05, 4.69) is 4.90 Å². The fourth-order valence-electron chi connectivity index (χ4n) is 9.77. The van der Waals surface area contributed by atoms with Crippen molar-refractivity contribution in [3.05, 3.63) is 152 Å².